The molecule has 4 rings (SSSR count). The molecule has 0 bridgehead atoms. The summed E-state index contributed by atoms with van der Waals surface area (Å²) in [6.07, 6.45) is 3.16. The van der Waals surface area contributed by atoms with Crippen molar-refractivity contribution in [3.05, 3.63) is 95.3 Å². The second-order valence-electron chi connectivity index (χ2n) is 6.44. The third-order valence-corrected chi connectivity index (χ3v) is 5.98. The Morgan fingerprint density at radius 3 is 2.41 bits per heavy atom. The number of aromatic nitrogens is 1. The average molecular weight is 422 g/mol. The summed E-state index contributed by atoms with van der Waals surface area (Å²) in [4.78, 5) is 22.2. The number of benzene rings is 2. The summed E-state index contributed by atoms with van der Waals surface area (Å²) >= 11 is 7.26. The molecule has 0 amide bonds. The van der Waals surface area contributed by atoms with Crippen molar-refractivity contribution < 1.29 is 10.0 Å². The van der Waals surface area contributed by atoms with Crippen molar-refractivity contribution in [3.8, 4) is 0 Å². The number of ketones is 1. The molecule has 0 aliphatic carbocycles. The van der Waals surface area contributed by atoms with Crippen molar-refractivity contribution in [2.75, 3.05) is 0 Å². The minimum atomic E-state index is -0.628. The van der Waals surface area contributed by atoms with E-state index in [-0.39, 0.29) is 5.78 Å². The van der Waals surface area contributed by atoms with Gasteiger partial charge < -0.3 is 5.21 Å². The topological polar surface area (TPSA) is 74.9 Å². The number of carbonyl (C=O) groups is 1. The van der Waals surface area contributed by atoms with Crippen molar-refractivity contribution >= 4 is 44.9 Å². The molecule has 1 fully saturated rings. The predicted octanol–water partition coefficient (Wildman–Crippen LogP) is 5.58. The first-order chi connectivity index (χ1) is 14.2. The lowest BCUT2D eigenvalue weighted by Crippen LogP contribution is -2.25. The fourth-order valence-electron chi connectivity index (χ4n) is 3.28. The molecule has 0 radical (unpaired) electrons. The summed E-state index contributed by atoms with van der Waals surface area (Å²) in [7, 11) is 0. The number of rotatable bonds is 4. The van der Waals surface area contributed by atoms with Crippen LogP contribution in [0.1, 0.15) is 21.8 Å². The number of carbonyl (C=O) groups excluding carboxylic acids is 1. The molecule has 3 aromatic rings. The highest BCUT2D eigenvalue weighted by molar-refractivity contribution is 8.27. The molecule has 0 spiro atoms. The van der Waals surface area contributed by atoms with Crippen molar-refractivity contribution in [2.45, 2.75) is 5.92 Å². The van der Waals surface area contributed by atoms with Crippen molar-refractivity contribution in [1.29, 1.82) is 0 Å². The zero-order valence-corrected chi connectivity index (χ0v) is 16.7. The van der Waals surface area contributed by atoms with Gasteiger partial charge in [0.1, 0.15) is 5.04 Å². The van der Waals surface area contributed by atoms with Crippen LogP contribution in [-0.4, -0.2) is 26.1 Å². The molecule has 7 heteroatoms. The number of nitrogens with zero attached hydrogens (tertiary/aromatic N) is 3. The Balaban J connectivity index is 1.84. The molecule has 1 saturated heterocycles. The molecule has 1 aromatic heterocycles. The Morgan fingerprint density at radius 2 is 1.76 bits per heavy atom. The second kappa shape index (κ2) is 8.59. The zero-order valence-electron chi connectivity index (χ0n) is 15.1. The lowest BCUT2D eigenvalue weighted by molar-refractivity contribution is 0.0952. The third-order valence-electron chi connectivity index (χ3n) is 4.63. The van der Waals surface area contributed by atoms with E-state index in [1.807, 2.05) is 42.5 Å². The van der Waals surface area contributed by atoms with Gasteiger partial charge in [-0.2, -0.15) is 0 Å². The smallest absolute Gasteiger partial charge is 0.175 e. The molecule has 2 unspecified atom stereocenters. The Bertz CT molecular complexity index is 1070. The van der Waals surface area contributed by atoms with Gasteiger partial charge in [0.25, 0.3) is 0 Å². The Kier molecular flexibility index (Phi) is 5.74. The summed E-state index contributed by atoms with van der Waals surface area (Å²) in [6.45, 7) is 0. The average Bonchev–Trinajstić information content (AvgIpc) is 3.13. The molecule has 0 saturated carbocycles. The summed E-state index contributed by atoms with van der Waals surface area (Å²) < 4.78 is 0. The van der Waals surface area contributed by atoms with Gasteiger partial charge in [-0.3, -0.25) is 9.78 Å². The number of oxime groups is 1. The number of thioether (sulfide) groups is 1. The van der Waals surface area contributed by atoms with E-state index in [1.54, 1.807) is 36.7 Å². The number of pyridine rings is 1. The van der Waals surface area contributed by atoms with Gasteiger partial charge in [0.2, 0.25) is 0 Å². The standard InChI is InChI=1S/C22H16ClN3O2S/c23-16-10-8-14(9-11-16)18-19(20(27)15-5-4-12-24-13-15)21(29-22(18)26-28)25-17-6-2-1-3-7-17/h1-13,18-19,28H/b25-21?,26-22+. The van der Waals surface area contributed by atoms with Crippen LogP contribution in [0, 0.1) is 5.92 Å². The van der Waals surface area contributed by atoms with E-state index in [4.69, 9.17) is 16.6 Å². The first-order valence-electron chi connectivity index (χ1n) is 8.90. The lowest BCUT2D eigenvalue weighted by atomic mass is 9.83. The van der Waals surface area contributed by atoms with Crippen LogP contribution < -0.4 is 0 Å². The third kappa shape index (κ3) is 4.09. The molecule has 1 aliphatic heterocycles. The van der Waals surface area contributed by atoms with Gasteiger partial charge in [0.05, 0.1) is 22.6 Å². The summed E-state index contributed by atoms with van der Waals surface area (Å²) in [5.74, 6) is -1.22. The van der Waals surface area contributed by atoms with E-state index in [2.05, 4.69) is 10.1 Å². The first-order valence-corrected chi connectivity index (χ1v) is 10.1. The number of hydrogen-bond donors (Lipinski definition) is 1. The summed E-state index contributed by atoms with van der Waals surface area (Å²) in [5, 5.41) is 14.7. The van der Waals surface area contributed by atoms with Crippen LogP contribution in [0.3, 0.4) is 0 Å². The van der Waals surface area contributed by atoms with E-state index in [0.29, 0.717) is 20.7 Å². The van der Waals surface area contributed by atoms with Crippen LogP contribution in [0.5, 0.6) is 0 Å². The largest absolute Gasteiger partial charge is 0.410 e. The number of Topliss-reactive ketones (excluding diaryl/α,β-unsaturated/α-hetero) is 1. The van der Waals surface area contributed by atoms with E-state index in [1.165, 1.54) is 11.8 Å². The van der Waals surface area contributed by atoms with Gasteiger partial charge in [-0.1, -0.05) is 58.9 Å². The molecule has 2 aromatic carbocycles. The van der Waals surface area contributed by atoms with Crippen LogP contribution >= 0.6 is 23.4 Å². The normalized spacial score (nSPS) is 21.6. The Labute approximate surface area is 177 Å². The SMILES string of the molecule is O=C(c1cccnc1)C1C(=Nc2ccccc2)S/C(=N/O)C1c1ccc(Cl)cc1. The monoisotopic (exact) mass is 421 g/mol. The van der Waals surface area contributed by atoms with Gasteiger partial charge in [-0.25, -0.2) is 4.99 Å². The molecule has 29 heavy (non-hydrogen) atoms. The number of halogens is 1. The number of para-hydroxylation sites is 1. The fraction of sp³-hybridized carbons (Fsp3) is 0.0909. The van der Waals surface area contributed by atoms with Crippen LogP contribution in [-0.2, 0) is 0 Å². The van der Waals surface area contributed by atoms with Gasteiger partial charge in [0, 0.05) is 23.0 Å². The van der Waals surface area contributed by atoms with E-state index < -0.39 is 11.8 Å². The minimum Gasteiger partial charge on any atom is -0.410 e. The molecule has 2 heterocycles. The lowest BCUT2D eigenvalue weighted by Gasteiger charge is -2.18. The zero-order chi connectivity index (χ0) is 20.2. The van der Waals surface area contributed by atoms with Crippen molar-refractivity contribution in [2.24, 2.45) is 16.1 Å². The van der Waals surface area contributed by atoms with Gasteiger partial charge in [-0.05, 0) is 42.0 Å². The second-order valence-corrected chi connectivity index (χ2v) is 7.92. The quantitative estimate of drug-likeness (QED) is 0.339. The summed E-state index contributed by atoms with van der Waals surface area (Å²) in [6, 6.07) is 20.1. The van der Waals surface area contributed by atoms with Gasteiger partial charge in [0.15, 0.2) is 5.78 Å². The highest BCUT2D eigenvalue weighted by Crippen LogP contribution is 2.44. The molecular weight excluding hydrogens is 406 g/mol. The van der Waals surface area contributed by atoms with Gasteiger partial charge >= 0.3 is 0 Å². The number of aliphatic imine (C=N–C) groups is 1. The van der Waals surface area contributed by atoms with E-state index in [0.717, 1.165) is 11.3 Å². The molecule has 1 aliphatic rings. The van der Waals surface area contributed by atoms with Crippen LogP contribution in [0.4, 0.5) is 5.69 Å². The number of hydrogen-bond acceptors (Lipinski definition) is 6. The maximum Gasteiger partial charge on any atom is 0.175 e. The van der Waals surface area contributed by atoms with Crippen LogP contribution in [0.15, 0.2) is 89.3 Å². The molecule has 2 atom stereocenters. The van der Waals surface area contributed by atoms with E-state index >= 15 is 0 Å². The molecule has 1 N–H and O–H groups in total. The maximum atomic E-state index is 13.5. The Hall–Kier alpha value is -2.96. The maximum absolute atomic E-state index is 13.5. The molecule has 144 valence electrons. The van der Waals surface area contributed by atoms with Crippen molar-refractivity contribution in [1.82, 2.24) is 4.98 Å². The first kappa shape index (κ1) is 19.4. The highest BCUT2D eigenvalue weighted by atomic mass is 35.5. The van der Waals surface area contributed by atoms with Crippen LogP contribution in [0.25, 0.3) is 0 Å². The van der Waals surface area contributed by atoms with Crippen molar-refractivity contribution in [3.63, 3.8) is 0 Å². The predicted molar refractivity (Wildman–Crippen MR) is 117 cm³/mol. The Morgan fingerprint density at radius 1 is 1.00 bits per heavy atom. The fourth-order valence-corrected chi connectivity index (χ4v) is 4.58. The minimum absolute atomic E-state index is 0.126. The van der Waals surface area contributed by atoms with Crippen LogP contribution in [0.2, 0.25) is 5.02 Å². The van der Waals surface area contributed by atoms with Gasteiger partial charge in [-0.15, -0.1) is 0 Å². The van der Waals surface area contributed by atoms with E-state index in [9.17, 15) is 10.0 Å². The summed E-state index contributed by atoms with van der Waals surface area (Å²) in [5.41, 5.74) is 2.04. The molecular formula is C22H16ClN3O2S. The highest BCUT2D eigenvalue weighted by Gasteiger charge is 2.45. The molecule has 5 nitrogen and oxygen atoms in total.